The monoisotopic (exact) mass is 927 g/mol. The molecule has 0 fully saturated rings. The summed E-state index contributed by atoms with van der Waals surface area (Å²) in [5.41, 5.74) is 0. The van der Waals surface area contributed by atoms with Gasteiger partial charge in [0.15, 0.2) is 6.10 Å². The Morgan fingerprint density at radius 3 is 0.879 bits per heavy atom. The maximum absolute atomic E-state index is 12.8. The highest BCUT2D eigenvalue weighted by molar-refractivity contribution is 5.71. The highest BCUT2D eigenvalue weighted by Gasteiger charge is 2.19. The van der Waals surface area contributed by atoms with E-state index >= 15 is 0 Å². The first-order valence-corrected chi connectivity index (χ1v) is 29.0. The average Bonchev–Trinajstić information content (AvgIpc) is 3.31. The van der Waals surface area contributed by atoms with Crippen LogP contribution in [0.2, 0.25) is 0 Å². The topological polar surface area (TPSA) is 78.9 Å². The Kier molecular flexibility index (Phi) is 53.2. The molecule has 6 nitrogen and oxygen atoms in total. The Bertz CT molecular complexity index is 1110. The van der Waals surface area contributed by atoms with E-state index in [1.807, 2.05) is 0 Å². The molecule has 0 rings (SSSR count). The molecule has 1 atom stereocenters. The third kappa shape index (κ3) is 52.6. The molecule has 1 unspecified atom stereocenters. The third-order valence-corrected chi connectivity index (χ3v) is 12.9. The number of rotatable bonds is 53. The predicted molar refractivity (Wildman–Crippen MR) is 284 cm³/mol. The van der Waals surface area contributed by atoms with Gasteiger partial charge in [-0.2, -0.15) is 0 Å². The van der Waals surface area contributed by atoms with Crippen molar-refractivity contribution in [3.8, 4) is 0 Å². The van der Waals surface area contributed by atoms with Gasteiger partial charge >= 0.3 is 17.9 Å². The van der Waals surface area contributed by atoms with E-state index in [1.54, 1.807) is 0 Å². The fraction of sp³-hybridized carbons (Fsp3) is 0.850. The Hall–Kier alpha value is -2.37. The highest BCUT2D eigenvalue weighted by Crippen LogP contribution is 2.16. The van der Waals surface area contributed by atoms with Crippen LogP contribution in [0.5, 0.6) is 0 Å². The van der Waals surface area contributed by atoms with E-state index < -0.39 is 6.10 Å². The van der Waals surface area contributed by atoms with Crippen molar-refractivity contribution in [3.63, 3.8) is 0 Å². The zero-order chi connectivity index (χ0) is 47.9. The normalized spacial score (nSPS) is 12.2. The van der Waals surface area contributed by atoms with Crippen LogP contribution in [0.4, 0.5) is 0 Å². The molecule has 0 aromatic carbocycles. The van der Waals surface area contributed by atoms with Crippen LogP contribution in [0.15, 0.2) is 36.5 Å². The van der Waals surface area contributed by atoms with Gasteiger partial charge in [-0.25, -0.2) is 0 Å². The molecule has 0 aliphatic carbocycles. The highest BCUT2D eigenvalue weighted by atomic mass is 16.6. The van der Waals surface area contributed by atoms with Crippen LogP contribution in [0, 0.1) is 0 Å². The maximum Gasteiger partial charge on any atom is 0.306 e. The van der Waals surface area contributed by atoms with Gasteiger partial charge in [0.1, 0.15) is 13.2 Å². The van der Waals surface area contributed by atoms with Crippen molar-refractivity contribution >= 4 is 17.9 Å². The molecule has 6 heteroatoms. The van der Waals surface area contributed by atoms with Crippen molar-refractivity contribution in [1.82, 2.24) is 0 Å². The summed E-state index contributed by atoms with van der Waals surface area (Å²) in [6.45, 7) is 6.64. The Balaban J connectivity index is 4.34. The van der Waals surface area contributed by atoms with Crippen LogP contribution in [0.25, 0.3) is 0 Å². The van der Waals surface area contributed by atoms with E-state index in [9.17, 15) is 14.4 Å². The summed E-state index contributed by atoms with van der Waals surface area (Å²) in [7, 11) is 0. The van der Waals surface area contributed by atoms with Crippen LogP contribution in [0.3, 0.4) is 0 Å². The molecule has 0 aliphatic heterocycles. The van der Waals surface area contributed by atoms with E-state index in [1.165, 1.54) is 205 Å². The minimum absolute atomic E-state index is 0.0727. The molecule has 0 aromatic heterocycles. The van der Waals surface area contributed by atoms with E-state index in [-0.39, 0.29) is 31.1 Å². The van der Waals surface area contributed by atoms with Gasteiger partial charge in [-0.1, -0.05) is 256 Å². The van der Waals surface area contributed by atoms with Gasteiger partial charge in [0.2, 0.25) is 0 Å². The standard InChI is InChI=1S/C60H110O6/c1-4-7-10-13-16-19-22-25-27-29-30-31-33-35-38-41-44-47-50-53-59(62)65-56-57(55-64-58(61)52-49-46-43-40-37-34-24-21-18-15-12-9-6-3)66-60(63)54-51-48-45-42-39-36-32-28-26-23-20-17-14-11-8-5-2/h16,19,22,25,28,32,57H,4-15,17-18,20-21,23-24,26-27,29-31,33-56H2,1-3H3/b19-16-,25-22-,32-28-. The molecule has 0 saturated heterocycles. The van der Waals surface area contributed by atoms with Gasteiger partial charge in [-0.05, 0) is 70.6 Å². The molecule has 66 heavy (non-hydrogen) atoms. The smallest absolute Gasteiger partial charge is 0.306 e. The fourth-order valence-electron chi connectivity index (χ4n) is 8.49. The quantitative estimate of drug-likeness (QED) is 0.0199. The second-order valence-corrected chi connectivity index (χ2v) is 19.6. The molecular weight excluding hydrogens is 817 g/mol. The molecule has 0 bridgehead atoms. The molecular formula is C60H110O6. The largest absolute Gasteiger partial charge is 0.462 e. The zero-order valence-electron chi connectivity index (χ0n) is 44.2. The summed E-state index contributed by atoms with van der Waals surface area (Å²) in [5.74, 6) is -0.868. The second-order valence-electron chi connectivity index (χ2n) is 19.6. The van der Waals surface area contributed by atoms with Crippen LogP contribution in [0.1, 0.15) is 310 Å². The Labute approximate surface area is 410 Å². The summed E-state index contributed by atoms with van der Waals surface area (Å²) < 4.78 is 16.9. The van der Waals surface area contributed by atoms with Crippen molar-refractivity contribution in [1.29, 1.82) is 0 Å². The number of unbranched alkanes of at least 4 members (excludes halogenated alkanes) is 37. The van der Waals surface area contributed by atoms with E-state index in [4.69, 9.17) is 14.2 Å². The molecule has 0 N–H and O–H groups in total. The van der Waals surface area contributed by atoms with Crippen molar-refractivity contribution in [2.45, 2.75) is 316 Å². The van der Waals surface area contributed by atoms with Gasteiger partial charge < -0.3 is 14.2 Å². The number of hydrogen-bond acceptors (Lipinski definition) is 6. The van der Waals surface area contributed by atoms with Crippen LogP contribution >= 0.6 is 0 Å². The van der Waals surface area contributed by atoms with E-state index in [2.05, 4.69) is 57.2 Å². The maximum atomic E-state index is 12.8. The summed E-state index contributed by atoms with van der Waals surface area (Å²) in [6.07, 6.45) is 65.6. The lowest BCUT2D eigenvalue weighted by Gasteiger charge is -2.18. The Morgan fingerprint density at radius 2 is 0.545 bits per heavy atom. The summed E-state index contributed by atoms with van der Waals surface area (Å²) in [5, 5.41) is 0. The SMILES string of the molecule is CCCCC/C=C\C=C/CCCCCCCCCCCCC(=O)OCC(COC(=O)CCCCCCCCCCCCCCC)OC(=O)CCCCCCC/C=C\CCCCCCCCC. The number of hydrogen-bond donors (Lipinski definition) is 0. The number of carbonyl (C=O) groups excluding carboxylic acids is 3. The molecule has 0 amide bonds. The first-order valence-electron chi connectivity index (χ1n) is 29.0. The lowest BCUT2D eigenvalue weighted by Crippen LogP contribution is -2.30. The summed E-state index contributed by atoms with van der Waals surface area (Å²) >= 11 is 0. The molecule has 0 saturated carbocycles. The Morgan fingerprint density at radius 1 is 0.303 bits per heavy atom. The first-order chi connectivity index (χ1) is 32.5. The van der Waals surface area contributed by atoms with Crippen molar-refractivity contribution in [2.24, 2.45) is 0 Å². The zero-order valence-corrected chi connectivity index (χ0v) is 44.2. The van der Waals surface area contributed by atoms with Crippen LogP contribution < -0.4 is 0 Å². The summed E-state index contributed by atoms with van der Waals surface area (Å²) in [4.78, 5) is 38.1. The average molecular weight is 928 g/mol. The number of ether oxygens (including phenoxy) is 3. The number of esters is 3. The van der Waals surface area contributed by atoms with Gasteiger partial charge in [-0.15, -0.1) is 0 Å². The van der Waals surface area contributed by atoms with Crippen molar-refractivity contribution < 1.29 is 28.6 Å². The lowest BCUT2D eigenvalue weighted by molar-refractivity contribution is -0.167. The molecule has 0 radical (unpaired) electrons. The van der Waals surface area contributed by atoms with E-state index in [0.717, 1.165) is 64.2 Å². The molecule has 0 heterocycles. The number of allylic oxidation sites excluding steroid dienone is 6. The van der Waals surface area contributed by atoms with Crippen molar-refractivity contribution in [3.05, 3.63) is 36.5 Å². The van der Waals surface area contributed by atoms with E-state index in [0.29, 0.717) is 19.3 Å². The second kappa shape index (κ2) is 55.2. The van der Waals surface area contributed by atoms with Gasteiger partial charge in [0.05, 0.1) is 0 Å². The third-order valence-electron chi connectivity index (χ3n) is 12.9. The first kappa shape index (κ1) is 63.6. The molecule has 0 aliphatic rings. The minimum Gasteiger partial charge on any atom is -0.462 e. The molecule has 386 valence electrons. The molecule has 0 aromatic rings. The van der Waals surface area contributed by atoms with Crippen LogP contribution in [-0.2, 0) is 28.6 Å². The van der Waals surface area contributed by atoms with Gasteiger partial charge in [0.25, 0.3) is 0 Å². The predicted octanol–water partition coefficient (Wildman–Crippen LogP) is 19.3. The van der Waals surface area contributed by atoms with Gasteiger partial charge in [0, 0.05) is 19.3 Å². The summed E-state index contributed by atoms with van der Waals surface area (Å²) in [6, 6.07) is 0. The molecule has 0 spiro atoms. The van der Waals surface area contributed by atoms with Gasteiger partial charge in [-0.3, -0.25) is 14.4 Å². The number of carbonyl (C=O) groups is 3. The van der Waals surface area contributed by atoms with Crippen LogP contribution in [-0.4, -0.2) is 37.2 Å². The van der Waals surface area contributed by atoms with Crippen molar-refractivity contribution in [2.75, 3.05) is 13.2 Å². The minimum atomic E-state index is -0.774. The lowest BCUT2D eigenvalue weighted by atomic mass is 10.0. The fourth-order valence-corrected chi connectivity index (χ4v) is 8.49.